The number of aromatic amines is 1. The van der Waals surface area contributed by atoms with Gasteiger partial charge in [0.05, 0.1) is 11.6 Å². The zero-order chi connectivity index (χ0) is 7.97. The number of H-pyrrole nitrogens is 1. The predicted molar refractivity (Wildman–Crippen MR) is 43.7 cm³/mol. The van der Waals surface area contributed by atoms with Crippen LogP contribution in [0.15, 0.2) is 28.9 Å². The van der Waals surface area contributed by atoms with Gasteiger partial charge in [-0.15, -0.1) is 0 Å². The number of aromatic nitrogens is 3. The van der Waals surface area contributed by atoms with Crippen LogP contribution < -0.4 is 0 Å². The fourth-order valence-electron chi connectivity index (χ4n) is 1.35. The summed E-state index contributed by atoms with van der Waals surface area (Å²) in [7, 11) is 0. The van der Waals surface area contributed by atoms with Crippen LogP contribution in [0.5, 0.6) is 0 Å². The lowest BCUT2D eigenvalue weighted by Crippen LogP contribution is -1.69. The maximum absolute atomic E-state index is 5.21. The molecule has 0 spiro atoms. The summed E-state index contributed by atoms with van der Waals surface area (Å²) in [5, 5.41) is 11.6. The number of hydrogen-bond donors (Lipinski definition) is 1. The second-order valence-corrected chi connectivity index (χ2v) is 2.59. The normalized spacial score (nSPS) is 11.3. The van der Waals surface area contributed by atoms with E-state index in [9.17, 15) is 0 Å². The second-order valence-electron chi connectivity index (χ2n) is 2.59. The van der Waals surface area contributed by atoms with Gasteiger partial charge < -0.3 is 4.42 Å². The molecule has 1 N–H and O–H groups in total. The number of fused-ring (bicyclic) bond motifs is 3. The molecule has 12 heavy (non-hydrogen) atoms. The SMILES string of the molecule is c1cc2c(ccc3n[nH]nc32)o1. The molecule has 4 nitrogen and oxygen atoms in total. The summed E-state index contributed by atoms with van der Waals surface area (Å²) < 4.78 is 5.21. The van der Waals surface area contributed by atoms with Crippen LogP contribution in [0.25, 0.3) is 22.0 Å². The molecule has 0 saturated heterocycles. The molecule has 0 saturated carbocycles. The Balaban J connectivity index is 2.71. The molecule has 0 aliphatic carbocycles. The van der Waals surface area contributed by atoms with E-state index in [1.807, 2.05) is 18.2 Å². The fourth-order valence-corrected chi connectivity index (χ4v) is 1.35. The molecule has 0 fully saturated rings. The van der Waals surface area contributed by atoms with Crippen molar-refractivity contribution < 1.29 is 4.42 Å². The van der Waals surface area contributed by atoms with Gasteiger partial charge in [-0.3, -0.25) is 0 Å². The number of nitrogens with one attached hydrogen (secondary N) is 1. The van der Waals surface area contributed by atoms with Crippen LogP contribution in [0.2, 0.25) is 0 Å². The summed E-state index contributed by atoms with van der Waals surface area (Å²) >= 11 is 0. The zero-order valence-corrected chi connectivity index (χ0v) is 6.11. The molecule has 0 amide bonds. The average molecular weight is 159 g/mol. The van der Waals surface area contributed by atoms with Gasteiger partial charge in [-0.2, -0.15) is 15.4 Å². The molecule has 0 aliphatic rings. The number of hydrogen-bond acceptors (Lipinski definition) is 3. The smallest absolute Gasteiger partial charge is 0.136 e. The highest BCUT2D eigenvalue weighted by atomic mass is 16.3. The van der Waals surface area contributed by atoms with Gasteiger partial charge in [0.15, 0.2) is 0 Å². The van der Waals surface area contributed by atoms with Gasteiger partial charge in [0, 0.05) is 0 Å². The average Bonchev–Trinajstić information content (AvgIpc) is 2.71. The van der Waals surface area contributed by atoms with Gasteiger partial charge in [0.1, 0.15) is 16.6 Å². The molecular weight excluding hydrogens is 154 g/mol. The molecule has 58 valence electrons. The van der Waals surface area contributed by atoms with Gasteiger partial charge in [0.25, 0.3) is 0 Å². The van der Waals surface area contributed by atoms with E-state index in [2.05, 4.69) is 15.4 Å². The lowest BCUT2D eigenvalue weighted by atomic mass is 10.2. The summed E-state index contributed by atoms with van der Waals surface area (Å²) in [6, 6.07) is 5.66. The molecule has 0 bridgehead atoms. The van der Waals surface area contributed by atoms with Crippen molar-refractivity contribution in [1.82, 2.24) is 15.4 Å². The number of benzene rings is 1. The molecule has 0 radical (unpaired) electrons. The molecule has 4 heteroatoms. The molecule has 3 rings (SSSR count). The third kappa shape index (κ3) is 0.567. The Bertz CT molecular complexity index is 487. The van der Waals surface area contributed by atoms with E-state index >= 15 is 0 Å². The first kappa shape index (κ1) is 5.77. The lowest BCUT2D eigenvalue weighted by Gasteiger charge is -1.86. The first-order valence-corrected chi connectivity index (χ1v) is 3.62. The number of furan rings is 1. The third-order valence-corrected chi connectivity index (χ3v) is 1.92. The van der Waals surface area contributed by atoms with Gasteiger partial charge in [-0.05, 0) is 18.2 Å². The van der Waals surface area contributed by atoms with Crippen LogP contribution in [0, 0.1) is 0 Å². The summed E-state index contributed by atoms with van der Waals surface area (Å²) in [6.07, 6.45) is 1.65. The quantitative estimate of drug-likeness (QED) is 0.543. The number of rotatable bonds is 0. The summed E-state index contributed by atoms with van der Waals surface area (Å²) in [5.74, 6) is 0. The van der Waals surface area contributed by atoms with E-state index in [4.69, 9.17) is 4.42 Å². The molecular formula is C8H5N3O. The maximum atomic E-state index is 5.21. The molecule has 0 unspecified atom stereocenters. The van der Waals surface area contributed by atoms with Gasteiger partial charge in [-0.1, -0.05) is 0 Å². The topological polar surface area (TPSA) is 54.7 Å². The number of nitrogens with zero attached hydrogens (tertiary/aromatic N) is 2. The highest BCUT2D eigenvalue weighted by Gasteiger charge is 2.04. The van der Waals surface area contributed by atoms with Crippen molar-refractivity contribution in [2.75, 3.05) is 0 Å². The van der Waals surface area contributed by atoms with E-state index in [-0.39, 0.29) is 0 Å². The Morgan fingerprint density at radius 3 is 3.17 bits per heavy atom. The van der Waals surface area contributed by atoms with Crippen molar-refractivity contribution >= 4 is 22.0 Å². The molecule has 2 aromatic heterocycles. The Morgan fingerprint density at radius 2 is 2.17 bits per heavy atom. The largest absolute Gasteiger partial charge is 0.464 e. The van der Waals surface area contributed by atoms with Gasteiger partial charge in [0.2, 0.25) is 0 Å². The third-order valence-electron chi connectivity index (χ3n) is 1.92. The van der Waals surface area contributed by atoms with Crippen molar-refractivity contribution in [1.29, 1.82) is 0 Å². The van der Waals surface area contributed by atoms with E-state index < -0.39 is 0 Å². The van der Waals surface area contributed by atoms with Crippen LogP contribution in [0.3, 0.4) is 0 Å². The standard InChI is InChI=1S/C8H5N3O/c1-2-7-5(3-4-12-7)8-6(1)9-11-10-8/h1-4H,(H,9,10,11). The zero-order valence-electron chi connectivity index (χ0n) is 6.11. The second kappa shape index (κ2) is 1.85. The Labute approximate surface area is 67.2 Å². The van der Waals surface area contributed by atoms with E-state index in [0.29, 0.717) is 0 Å². The Hall–Kier alpha value is -1.84. The van der Waals surface area contributed by atoms with Crippen LogP contribution in [-0.4, -0.2) is 15.4 Å². The van der Waals surface area contributed by atoms with Crippen molar-refractivity contribution in [2.24, 2.45) is 0 Å². The maximum Gasteiger partial charge on any atom is 0.136 e. The summed E-state index contributed by atoms with van der Waals surface area (Å²) in [6.45, 7) is 0. The first-order valence-electron chi connectivity index (χ1n) is 3.62. The van der Waals surface area contributed by atoms with Crippen molar-refractivity contribution in [3.8, 4) is 0 Å². The van der Waals surface area contributed by atoms with Crippen molar-refractivity contribution in [3.63, 3.8) is 0 Å². The van der Waals surface area contributed by atoms with Crippen LogP contribution >= 0.6 is 0 Å². The monoisotopic (exact) mass is 159 g/mol. The molecule has 0 atom stereocenters. The molecule has 3 aromatic rings. The Kier molecular flexibility index (Phi) is 0.889. The molecule has 0 aliphatic heterocycles. The summed E-state index contributed by atoms with van der Waals surface area (Å²) in [4.78, 5) is 0. The van der Waals surface area contributed by atoms with Crippen LogP contribution in [-0.2, 0) is 0 Å². The minimum absolute atomic E-state index is 0.844. The van der Waals surface area contributed by atoms with Crippen molar-refractivity contribution in [3.05, 3.63) is 24.5 Å². The van der Waals surface area contributed by atoms with E-state index in [0.717, 1.165) is 22.0 Å². The van der Waals surface area contributed by atoms with Crippen LogP contribution in [0.4, 0.5) is 0 Å². The first-order chi connectivity index (χ1) is 5.95. The highest BCUT2D eigenvalue weighted by molar-refractivity contribution is 6.01. The highest BCUT2D eigenvalue weighted by Crippen LogP contribution is 2.22. The minimum atomic E-state index is 0.844. The lowest BCUT2D eigenvalue weighted by molar-refractivity contribution is 0.616. The van der Waals surface area contributed by atoms with Gasteiger partial charge >= 0.3 is 0 Å². The summed E-state index contributed by atoms with van der Waals surface area (Å²) in [5.41, 5.74) is 2.57. The molecule has 1 aromatic carbocycles. The predicted octanol–water partition coefficient (Wildman–Crippen LogP) is 1.70. The molecule has 2 heterocycles. The fraction of sp³-hybridized carbons (Fsp3) is 0. The van der Waals surface area contributed by atoms with E-state index in [1.165, 1.54) is 0 Å². The van der Waals surface area contributed by atoms with Gasteiger partial charge in [-0.25, -0.2) is 0 Å². The van der Waals surface area contributed by atoms with Crippen LogP contribution in [0.1, 0.15) is 0 Å². The minimum Gasteiger partial charge on any atom is -0.464 e. The Morgan fingerprint density at radius 1 is 1.17 bits per heavy atom. The van der Waals surface area contributed by atoms with Crippen molar-refractivity contribution in [2.45, 2.75) is 0 Å². The van der Waals surface area contributed by atoms with E-state index in [1.54, 1.807) is 6.26 Å².